The van der Waals surface area contributed by atoms with Crippen LogP contribution in [-0.4, -0.2) is 38.4 Å². The van der Waals surface area contributed by atoms with Crippen molar-refractivity contribution in [1.29, 1.82) is 0 Å². The Morgan fingerprint density at radius 3 is 2.70 bits per heavy atom. The van der Waals surface area contributed by atoms with Gasteiger partial charge in [-0.2, -0.15) is 4.68 Å². The molecule has 138 valence electrons. The Morgan fingerprint density at radius 1 is 1.15 bits per heavy atom. The maximum absolute atomic E-state index is 12.7. The Balaban J connectivity index is 1.46. The smallest absolute Gasteiger partial charge is 0.237 e. The number of amides is 1. The van der Waals surface area contributed by atoms with Crippen molar-refractivity contribution in [2.45, 2.75) is 31.3 Å². The number of hydrogen-bond donors (Lipinski definition) is 0. The molecular weight excluding hydrogens is 358 g/mol. The van der Waals surface area contributed by atoms with Gasteiger partial charge in [0.2, 0.25) is 11.1 Å². The van der Waals surface area contributed by atoms with Crippen molar-refractivity contribution < 1.29 is 4.79 Å². The summed E-state index contributed by atoms with van der Waals surface area (Å²) in [4.78, 5) is 14.6. The van der Waals surface area contributed by atoms with Crippen molar-refractivity contribution >= 4 is 23.4 Å². The lowest BCUT2D eigenvalue weighted by molar-refractivity contribution is -0.116. The number of aromatic nitrogens is 4. The molecule has 0 bridgehead atoms. The molecule has 6 nitrogen and oxygen atoms in total. The minimum Gasteiger partial charge on any atom is -0.311 e. The molecule has 1 aliphatic heterocycles. The van der Waals surface area contributed by atoms with Crippen molar-refractivity contribution in [2.24, 2.45) is 0 Å². The monoisotopic (exact) mass is 379 g/mol. The van der Waals surface area contributed by atoms with Crippen LogP contribution in [0.15, 0.2) is 53.7 Å². The van der Waals surface area contributed by atoms with Crippen LogP contribution in [0.3, 0.4) is 0 Å². The SMILES string of the molecule is CC(C)c1ccc(-n2nnnc2SCC(=O)N2CCc3ccccc32)cc1. The normalized spacial score (nSPS) is 13.2. The van der Waals surface area contributed by atoms with Crippen LogP contribution in [0.5, 0.6) is 0 Å². The van der Waals surface area contributed by atoms with Gasteiger partial charge in [-0.15, -0.1) is 5.10 Å². The number of thioether (sulfide) groups is 1. The largest absolute Gasteiger partial charge is 0.311 e. The van der Waals surface area contributed by atoms with E-state index in [0.29, 0.717) is 16.8 Å². The number of anilines is 1. The Labute approximate surface area is 162 Å². The van der Waals surface area contributed by atoms with Gasteiger partial charge in [0.15, 0.2) is 0 Å². The summed E-state index contributed by atoms with van der Waals surface area (Å²) in [6, 6.07) is 16.3. The van der Waals surface area contributed by atoms with Crippen LogP contribution in [0.25, 0.3) is 5.69 Å². The van der Waals surface area contributed by atoms with Crippen LogP contribution in [0, 0.1) is 0 Å². The first-order valence-electron chi connectivity index (χ1n) is 9.03. The summed E-state index contributed by atoms with van der Waals surface area (Å²) in [7, 11) is 0. The van der Waals surface area contributed by atoms with Gasteiger partial charge in [0.1, 0.15) is 0 Å². The lowest BCUT2D eigenvalue weighted by Crippen LogP contribution is -2.30. The van der Waals surface area contributed by atoms with Gasteiger partial charge in [-0.05, 0) is 52.1 Å². The number of benzene rings is 2. The van der Waals surface area contributed by atoms with Gasteiger partial charge in [0.25, 0.3) is 0 Å². The van der Waals surface area contributed by atoms with Crippen molar-refractivity contribution in [3.05, 3.63) is 59.7 Å². The van der Waals surface area contributed by atoms with E-state index in [1.165, 1.54) is 22.9 Å². The summed E-state index contributed by atoms with van der Waals surface area (Å²) in [5, 5.41) is 12.6. The first kappa shape index (κ1) is 17.7. The fourth-order valence-electron chi connectivity index (χ4n) is 3.23. The fraction of sp³-hybridized carbons (Fsp3) is 0.300. The van der Waals surface area contributed by atoms with E-state index in [1.807, 2.05) is 35.2 Å². The molecule has 2 aromatic carbocycles. The average Bonchev–Trinajstić information content (AvgIpc) is 3.33. The van der Waals surface area contributed by atoms with Gasteiger partial charge >= 0.3 is 0 Å². The van der Waals surface area contributed by atoms with E-state index in [1.54, 1.807) is 4.68 Å². The molecule has 0 radical (unpaired) electrons. The van der Waals surface area contributed by atoms with Crippen LogP contribution >= 0.6 is 11.8 Å². The molecule has 0 aliphatic carbocycles. The second-order valence-electron chi connectivity index (χ2n) is 6.83. The van der Waals surface area contributed by atoms with Gasteiger partial charge in [-0.25, -0.2) is 0 Å². The van der Waals surface area contributed by atoms with Crippen molar-refractivity contribution in [3.8, 4) is 5.69 Å². The Kier molecular flexibility index (Phi) is 4.94. The molecule has 1 aliphatic rings. The number of nitrogens with zero attached hydrogens (tertiary/aromatic N) is 5. The zero-order chi connectivity index (χ0) is 18.8. The number of fused-ring (bicyclic) bond motifs is 1. The standard InChI is InChI=1S/C20H21N5OS/c1-14(2)15-7-9-17(10-8-15)25-20(21-22-23-25)27-13-19(26)24-12-11-16-5-3-4-6-18(16)24/h3-10,14H,11-13H2,1-2H3. The zero-order valence-corrected chi connectivity index (χ0v) is 16.2. The maximum atomic E-state index is 12.7. The first-order chi connectivity index (χ1) is 13.1. The predicted octanol–water partition coefficient (Wildman–Crippen LogP) is 3.47. The molecule has 0 saturated carbocycles. The summed E-state index contributed by atoms with van der Waals surface area (Å²) in [5.41, 5.74) is 4.41. The molecule has 27 heavy (non-hydrogen) atoms. The molecule has 1 aromatic heterocycles. The van der Waals surface area contributed by atoms with Crippen molar-refractivity contribution in [3.63, 3.8) is 0 Å². The molecule has 4 rings (SSSR count). The van der Waals surface area contributed by atoms with E-state index in [9.17, 15) is 4.79 Å². The van der Waals surface area contributed by atoms with E-state index in [4.69, 9.17) is 0 Å². The van der Waals surface area contributed by atoms with Crippen LogP contribution in [0.4, 0.5) is 5.69 Å². The first-order valence-corrected chi connectivity index (χ1v) is 10.0. The zero-order valence-electron chi connectivity index (χ0n) is 15.4. The topological polar surface area (TPSA) is 63.9 Å². The van der Waals surface area contributed by atoms with Crippen LogP contribution in [-0.2, 0) is 11.2 Å². The summed E-state index contributed by atoms with van der Waals surface area (Å²) in [6.07, 6.45) is 0.909. The highest BCUT2D eigenvalue weighted by molar-refractivity contribution is 7.99. The minimum absolute atomic E-state index is 0.0784. The third-order valence-electron chi connectivity index (χ3n) is 4.76. The molecule has 3 aromatic rings. The second-order valence-corrected chi connectivity index (χ2v) is 7.77. The summed E-state index contributed by atoms with van der Waals surface area (Å²) in [6.45, 7) is 5.06. The molecule has 0 unspecified atom stereocenters. The molecule has 0 spiro atoms. The summed E-state index contributed by atoms with van der Waals surface area (Å²) in [5.74, 6) is 0.857. The lowest BCUT2D eigenvalue weighted by atomic mass is 10.0. The van der Waals surface area contributed by atoms with Gasteiger partial charge in [-0.1, -0.05) is 55.9 Å². The molecule has 1 amide bonds. The lowest BCUT2D eigenvalue weighted by Gasteiger charge is -2.16. The molecular formula is C20H21N5OS. The summed E-state index contributed by atoms with van der Waals surface area (Å²) >= 11 is 1.36. The number of rotatable bonds is 5. The maximum Gasteiger partial charge on any atom is 0.237 e. The number of carbonyl (C=O) groups excluding carboxylic acids is 1. The predicted molar refractivity (Wildman–Crippen MR) is 106 cm³/mol. The Morgan fingerprint density at radius 2 is 1.93 bits per heavy atom. The van der Waals surface area contributed by atoms with Crippen molar-refractivity contribution in [2.75, 3.05) is 17.2 Å². The highest BCUT2D eigenvalue weighted by atomic mass is 32.2. The van der Waals surface area contributed by atoms with E-state index in [0.717, 1.165) is 24.3 Å². The number of carbonyl (C=O) groups is 1. The molecule has 0 saturated heterocycles. The van der Waals surface area contributed by atoms with Crippen LogP contribution in [0.1, 0.15) is 30.9 Å². The molecule has 0 atom stereocenters. The van der Waals surface area contributed by atoms with Gasteiger partial charge in [0, 0.05) is 12.2 Å². The third kappa shape index (κ3) is 3.60. The average molecular weight is 379 g/mol. The van der Waals surface area contributed by atoms with E-state index in [2.05, 4.69) is 47.6 Å². The molecule has 2 heterocycles. The minimum atomic E-state index is 0.0784. The van der Waals surface area contributed by atoms with Gasteiger partial charge in [0.05, 0.1) is 11.4 Å². The number of hydrogen-bond acceptors (Lipinski definition) is 5. The van der Waals surface area contributed by atoms with E-state index >= 15 is 0 Å². The van der Waals surface area contributed by atoms with Gasteiger partial charge < -0.3 is 4.90 Å². The second kappa shape index (κ2) is 7.52. The van der Waals surface area contributed by atoms with Crippen molar-refractivity contribution in [1.82, 2.24) is 20.2 Å². The highest BCUT2D eigenvalue weighted by Crippen LogP contribution is 2.29. The van der Waals surface area contributed by atoms with Crippen LogP contribution in [0.2, 0.25) is 0 Å². The Hall–Kier alpha value is -2.67. The quantitative estimate of drug-likeness (QED) is 0.635. The molecule has 0 fully saturated rings. The van der Waals surface area contributed by atoms with E-state index in [-0.39, 0.29) is 5.91 Å². The molecule has 0 N–H and O–H groups in total. The van der Waals surface area contributed by atoms with Crippen LogP contribution < -0.4 is 4.90 Å². The highest BCUT2D eigenvalue weighted by Gasteiger charge is 2.24. The third-order valence-corrected chi connectivity index (χ3v) is 5.66. The number of para-hydroxylation sites is 1. The number of tetrazole rings is 1. The van der Waals surface area contributed by atoms with E-state index < -0.39 is 0 Å². The van der Waals surface area contributed by atoms with Gasteiger partial charge in [-0.3, -0.25) is 4.79 Å². The summed E-state index contributed by atoms with van der Waals surface area (Å²) < 4.78 is 1.68. The fourth-order valence-corrected chi connectivity index (χ4v) is 4.00. The molecule has 7 heteroatoms. The Bertz CT molecular complexity index is 951.